The monoisotopic (exact) mass is 339 g/mol. The number of aromatic hydroxyl groups is 1. The van der Waals surface area contributed by atoms with E-state index in [1.165, 1.54) is 24.4 Å². The van der Waals surface area contributed by atoms with Crippen molar-refractivity contribution in [2.24, 2.45) is 0 Å². The van der Waals surface area contributed by atoms with Crippen molar-refractivity contribution in [1.29, 1.82) is 0 Å². The molecule has 3 aromatic rings. The van der Waals surface area contributed by atoms with Crippen molar-refractivity contribution in [3.05, 3.63) is 80.4 Å². The standard InChI is InChI=1S/C18H13NO4S/c20-14-6-3-12(4-7-14)19-11-16(18(22)23)17(21)10-13(19)5-8-15-2-1-9-24-15/h1-11,20H,(H,22,23)/b8-5+. The molecule has 6 heteroatoms. The van der Waals surface area contributed by atoms with Gasteiger partial charge in [-0.3, -0.25) is 4.79 Å². The highest BCUT2D eigenvalue weighted by Gasteiger charge is 2.12. The molecule has 2 N–H and O–H groups in total. The Hall–Kier alpha value is -3.12. The van der Waals surface area contributed by atoms with E-state index in [1.54, 1.807) is 34.1 Å². The van der Waals surface area contributed by atoms with Crippen LogP contribution in [0.15, 0.2) is 58.8 Å². The van der Waals surface area contributed by atoms with Crippen LogP contribution in [0.5, 0.6) is 5.75 Å². The van der Waals surface area contributed by atoms with E-state index >= 15 is 0 Å². The van der Waals surface area contributed by atoms with Crippen LogP contribution in [0.2, 0.25) is 0 Å². The van der Waals surface area contributed by atoms with E-state index in [2.05, 4.69) is 0 Å². The predicted molar refractivity (Wildman–Crippen MR) is 93.9 cm³/mol. The number of carbonyl (C=O) groups is 1. The normalized spacial score (nSPS) is 11.0. The Morgan fingerprint density at radius 2 is 1.88 bits per heavy atom. The maximum atomic E-state index is 12.0. The number of hydrogen-bond acceptors (Lipinski definition) is 4. The molecule has 120 valence electrons. The number of aromatic carboxylic acids is 1. The molecule has 2 heterocycles. The zero-order valence-electron chi connectivity index (χ0n) is 12.4. The lowest BCUT2D eigenvalue weighted by atomic mass is 10.2. The summed E-state index contributed by atoms with van der Waals surface area (Å²) in [5, 5.41) is 20.5. The van der Waals surface area contributed by atoms with Gasteiger partial charge in [-0.15, -0.1) is 11.3 Å². The molecule has 0 bridgehead atoms. The maximum absolute atomic E-state index is 12.0. The van der Waals surface area contributed by atoms with Gasteiger partial charge in [0.2, 0.25) is 0 Å². The molecule has 0 radical (unpaired) electrons. The summed E-state index contributed by atoms with van der Waals surface area (Å²) in [6.45, 7) is 0. The van der Waals surface area contributed by atoms with Crippen LogP contribution < -0.4 is 5.43 Å². The average molecular weight is 339 g/mol. The third-order valence-electron chi connectivity index (χ3n) is 3.40. The van der Waals surface area contributed by atoms with Crippen molar-refractivity contribution >= 4 is 29.5 Å². The van der Waals surface area contributed by atoms with Gasteiger partial charge in [0.25, 0.3) is 0 Å². The minimum Gasteiger partial charge on any atom is -0.508 e. The molecule has 24 heavy (non-hydrogen) atoms. The lowest BCUT2D eigenvalue weighted by molar-refractivity contribution is 0.0695. The molecule has 0 unspecified atom stereocenters. The van der Waals surface area contributed by atoms with Crippen LogP contribution in [-0.2, 0) is 0 Å². The van der Waals surface area contributed by atoms with E-state index in [1.807, 2.05) is 23.6 Å². The highest BCUT2D eigenvalue weighted by atomic mass is 32.1. The Labute approximate surface area is 141 Å². The Kier molecular flexibility index (Phi) is 4.31. The Balaban J connectivity index is 2.15. The van der Waals surface area contributed by atoms with Crippen LogP contribution in [0.1, 0.15) is 20.9 Å². The molecule has 0 fully saturated rings. The summed E-state index contributed by atoms with van der Waals surface area (Å²) in [6, 6.07) is 11.4. The van der Waals surface area contributed by atoms with Crippen molar-refractivity contribution in [2.75, 3.05) is 0 Å². The molecule has 0 amide bonds. The first kappa shape index (κ1) is 15.8. The fourth-order valence-corrected chi connectivity index (χ4v) is 2.85. The molecule has 2 aromatic heterocycles. The molecular formula is C18H13NO4S. The summed E-state index contributed by atoms with van der Waals surface area (Å²) in [5.41, 5.74) is 0.324. The first-order valence-electron chi connectivity index (χ1n) is 7.05. The first-order chi connectivity index (χ1) is 11.5. The molecule has 3 rings (SSSR count). The number of thiophene rings is 1. The number of aromatic nitrogens is 1. The first-order valence-corrected chi connectivity index (χ1v) is 7.93. The SMILES string of the molecule is O=C(O)c1cn(-c2ccc(O)cc2)c(/C=C/c2cccs2)cc1=O. The summed E-state index contributed by atoms with van der Waals surface area (Å²) in [6.07, 6.45) is 4.91. The number of phenols is 1. The van der Waals surface area contributed by atoms with Crippen molar-refractivity contribution in [3.8, 4) is 11.4 Å². The quantitative estimate of drug-likeness (QED) is 0.763. The number of phenolic OH excluding ortho intramolecular Hbond substituents is 1. The maximum Gasteiger partial charge on any atom is 0.341 e. The zero-order chi connectivity index (χ0) is 17.1. The lowest BCUT2D eigenvalue weighted by Gasteiger charge is -2.12. The zero-order valence-corrected chi connectivity index (χ0v) is 13.2. The van der Waals surface area contributed by atoms with E-state index in [0.29, 0.717) is 11.4 Å². The van der Waals surface area contributed by atoms with Gasteiger partial charge in [0.15, 0.2) is 5.43 Å². The number of benzene rings is 1. The van der Waals surface area contributed by atoms with Gasteiger partial charge in [0.05, 0.1) is 0 Å². The highest BCUT2D eigenvalue weighted by Crippen LogP contribution is 2.18. The van der Waals surface area contributed by atoms with Crippen LogP contribution >= 0.6 is 11.3 Å². The summed E-state index contributed by atoms with van der Waals surface area (Å²) in [5.74, 6) is -1.17. The van der Waals surface area contributed by atoms with Gasteiger partial charge < -0.3 is 14.8 Å². The fraction of sp³-hybridized carbons (Fsp3) is 0. The van der Waals surface area contributed by atoms with E-state index in [4.69, 9.17) is 0 Å². The van der Waals surface area contributed by atoms with Gasteiger partial charge in [-0.1, -0.05) is 6.07 Å². The van der Waals surface area contributed by atoms with Crippen LogP contribution in [0.4, 0.5) is 0 Å². The molecule has 0 aliphatic carbocycles. The molecule has 5 nitrogen and oxygen atoms in total. The Morgan fingerprint density at radius 1 is 1.12 bits per heavy atom. The molecule has 0 aliphatic rings. The minimum absolute atomic E-state index is 0.105. The van der Waals surface area contributed by atoms with E-state index in [9.17, 15) is 19.8 Å². The van der Waals surface area contributed by atoms with Crippen molar-refractivity contribution in [1.82, 2.24) is 4.57 Å². The fourth-order valence-electron chi connectivity index (χ4n) is 2.23. The second-order valence-electron chi connectivity index (χ2n) is 5.02. The van der Waals surface area contributed by atoms with Gasteiger partial charge in [-0.05, 0) is 47.9 Å². The second-order valence-corrected chi connectivity index (χ2v) is 6.00. The molecule has 0 saturated heterocycles. The summed E-state index contributed by atoms with van der Waals surface area (Å²) in [4.78, 5) is 24.3. The summed E-state index contributed by atoms with van der Waals surface area (Å²) in [7, 11) is 0. The largest absolute Gasteiger partial charge is 0.508 e. The van der Waals surface area contributed by atoms with Crippen molar-refractivity contribution in [2.45, 2.75) is 0 Å². The average Bonchev–Trinajstić information content (AvgIpc) is 3.07. The molecule has 0 saturated carbocycles. The number of carboxylic acid groups (broad SMARTS) is 1. The predicted octanol–water partition coefficient (Wildman–Crippen LogP) is 3.47. The van der Waals surface area contributed by atoms with Gasteiger partial charge in [0.1, 0.15) is 11.3 Å². The van der Waals surface area contributed by atoms with Gasteiger partial charge >= 0.3 is 5.97 Å². The van der Waals surface area contributed by atoms with E-state index in [-0.39, 0.29) is 11.3 Å². The van der Waals surface area contributed by atoms with Crippen molar-refractivity contribution < 1.29 is 15.0 Å². The van der Waals surface area contributed by atoms with Crippen LogP contribution in [0.25, 0.3) is 17.8 Å². The van der Waals surface area contributed by atoms with Crippen molar-refractivity contribution in [3.63, 3.8) is 0 Å². The highest BCUT2D eigenvalue weighted by molar-refractivity contribution is 7.10. The van der Waals surface area contributed by atoms with Crippen LogP contribution in [-0.4, -0.2) is 20.7 Å². The molecule has 1 aromatic carbocycles. The molecule has 0 spiro atoms. The van der Waals surface area contributed by atoms with E-state index in [0.717, 1.165) is 4.88 Å². The van der Waals surface area contributed by atoms with E-state index < -0.39 is 11.4 Å². The minimum atomic E-state index is -1.28. The smallest absolute Gasteiger partial charge is 0.341 e. The number of hydrogen-bond donors (Lipinski definition) is 2. The van der Waals surface area contributed by atoms with Crippen LogP contribution in [0.3, 0.4) is 0 Å². The number of rotatable bonds is 4. The number of pyridine rings is 1. The Morgan fingerprint density at radius 3 is 2.50 bits per heavy atom. The van der Waals surface area contributed by atoms with Gasteiger partial charge in [-0.25, -0.2) is 4.79 Å². The number of carboxylic acids is 1. The van der Waals surface area contributed by atoms with Crippen LogP contribution in [0, 0.1) is 0 Å². The lowest BCUT2D eigenvalue weighted by Crippen LogP contribution is -2.18. The third kappa shape index (κ3) is 3.28. The molecule has 0 atom stereocenters. The summed E-state index contributed by atoms with van der Waals surface area (Å²) >= 11 is 1.56. The van der Waals surface area contributed by atoms with Gasteiger partial charge in [0, 0.05) is 28.5 Å². The molecular weight excluding hydrogens is 326 g/mol. The third-order valence-corrected chi connectivity index (χ3v) is 4.24. The molecule has 0 aliphatic heterocycles. The topological polar surface area (TPSA) is 79.5 Å². The number of nitrogens with zero attached hydrogens (tertiary/aromatic N) is 1. The summed E-state index contributed by atoms with van der Waals surface area (Å²) < 4.78 is 1.61. The second kappa shape index (κ2) is 6.55. The van der Waals surface area contributed by atoms with Gasteiger partial charge in [-0.2, -0.15) is 0 Å². The Bertz CT molecular complexity index is 954.